The van der Waals surface area contributed by atoms with Crippen LogP contribution in [-0.2, 0) is 28.5 Å². The third kappa shape index (κ3) is 4.29. The molecule has 2 rings (SSSR count). The Hall–Kier alpha value is -1.98. The minimum absolute atomic E-state index is 0.289. The van der Waals surface area contributed by atoms with Crippen LogP contribution in [0, 0.1) is 0 Å². The Labute approximate surface area is 117 Å². The summed E-state index contributed by atoms with van der Waals surface area (Å²) in [6.45, 7) is 1.94. The molecule has 0 aromatic heterocycles. The van der Waals surface area contributed by atoms with Crippen molar-refractivity contribution in [2.75, 3.05) is 26.4 Å². The van der Waals surface area contributed by atoms with Crippen molar-refractivity contribution in [2.24, 2.45) is 0 Å². The molecule has 0 radical (unpaired) electrons. The van der Waals surface area contributed by atoms with E-state index >= 15 is 0 Å². The molecule has 0 aromatic carbocycles. The molecule has 6 heteroatoms. The van der Waals surface area contributed by atoms with Crippen LogP contribution in [0.15, 0.2) is 23.7 Å². The molecule has 2 heterocycles. The van der Waals surface area contributed by atoms with E-state index < -0.39 is 0 Å². The van der Waals surface area contributed by atoms with Crippen molar-refractivity contribution in [1.29, 1.82) is 0 Å². The standard InChI is InChI=1S/C14H18O6/c15-13-11(3-7-19-13)9-17-5-1-2-6-18-10-12-4-8-20-14(12)16/h9-10H,1-8H2. The Balaban J connectivity index is 1.50. The first-order valence-electron chi connectivity index (χ1n) is 6.73. The van der Waals surface area contributed by atoms with Gasteiger partial charge in [0.2, 0.25) is 0 Å². The molecular formula is C14H18O6. The fraction of sp³-hybridized carbons (Fsp3) is 0.571. The monoisotopic (exact) mass is 282 g/mol. The minimum atomic E-state index is -0.289. The molecule has 0 amide bonds. The number of ether oxygens (including phenoxy) is 4. The van der Waals surface area contributed by atoms with Crippen LogP contribution >= 0.6 is 0 Å². The molecule has 0 bridgehead atoms. The number of cyclic esters (lactones) is 2. The number of rotatable bonds is 7. The molecule has 6 nitrogen and oxygen atoms in total. The SMILES string of the molecule is O=C1OCCC1=COCCCCOC=C1CCOC1=O. The minimum Gasteiger partial charge on any atom is -0.501 e. The number of unbranched alkanes of at least 4 members (excludes halogenated alkanes) is 1. The summed E-state index contributed by atoms with van der Waals surface area (Å²) in [5, 5.41) is 0. The van der Waals surface area contributed by atoms with Gasteiger partial charge in [-0.3, -0.25) is 0 Å². The molecule has 0 aliphatic carbocycles. The van der Waals surface area contributed by atoms with Gasteiger partial charge in [-0.05, 0) is 12.8 Å². The molecule has 0 aromatic rings. The van der Waals surface area contributed by atoms with E-state index in [1.165, 1.54) is 12.5 Å². The van der Waals surface area contributed by atoms with Crippen molar-refractivity contribution in [3.05, 3.63) is 23.7 Å². The zero-order valence-electron chi connectivity index (χ0n) is 11.3. The first kappa shape index (κ1) is 14.4. The van der Waals surface area contributed by atoms with Crippen LogP contribution in [0.25, 0.3) is 0 Å². The lowest BCUT2D eigenvalue weighted by molar-refractivity contribution is -0.136. The van der Waals surface area contributed by atoms with E-state index in [4.69, 9.17) is 18.9 Å². The van der Waals surface area contributed by atoms with Crippen LogP contribution in [-0.4, -0.2) is 38.4 Å². The van der Waals surface area contributed by atoms with Crippen LogP contribution in [0.3, 0.4) is 0 Å². The van der Waals surface area contributed by atoms with Crippen molar-refractivity contribution in [3.8, 4) is 0 Å². The van der Waals surface area contributed by atoms with Crippen molar-refractivity contribution >= 4 is 11.9 Å². The Morgan fingerprint density at radius 2 is 1.30 bits per heavy atom. The van der Waals surface area contributed by atoms with E-state index in [-0.39, 0.29) is 11.9 Å². The lowest BCUT2D eigenvalue weighted by Crippen LogP contribution is -1.99. The lowest BCUT2D eigenvalue weighted by Gasteiger charge is -2.03. The van der Waals surface area contributed by atoms with E-state index in [0.717, 1.165) is 12.8 Å². The summed E-state index contributed by atoms with van der Waals surface area (Å²) in [4.78, 5) is 22.2. The molecule has 2 fully saturated rings. The average molecular weight is 282 g/mol. The van der Waals surface area contributed by atoms with Gasteiger partial charge < -0.3 is 18.9 Å². The second kappa shape index (κ2) is 7.57. The maximum Gasteiger partial charge on any atom is 0.337 e. The van der Waals surface area contributed by atoms with Gasteiger partial charge in [0.15, 0.2) is 0 Å². The summed E-state index contributed by atoms with van der Waals surface area (Å²) >= 11 is 0. The fourth-order valence-electron chi connectivity index (χ4n) is 1.80. The maximum absolute atomic E-state index is 11.1. The average Bonchev–Trinajstić information content (AvgIpc) is 3.02. The second-order valence-corrected chi connectivity index (χ2v) is 4.51. The Bertz CT molecular complexity index is 383. The maximum atomic E-state index is 11.1. The number of carbonyl (C=O) groups excluding carboxylic acids is 2. The third-order valence-corrected chi connectivity index (χ3v) is 2.96. The van der Waals surface area contributed by atoms with Crippen molar-refractivity contribution in [2.45, 2.75) is 25.7 Å². The fourth-order valence-corrected chi connectivity index (χ4v) is 1.80. The van der Waals surface area contributed by atoms with Gasteiger partial charge >= 0.3 is 11.9 Å². The Kier molecular flexibility index (Phi) is 5.46. The Morgan fingerprint density at radius 3 is 1.65 bits per heavy atom. The quantitative estimate of drug-likeness (QED) is 0.305. The van der Waals surface area contributed by atoms with Crippen molar-refractivity contribution in [1.82, 2.24) is 0 Å². The van der Waals surface area contributed by atoms with Crippen LogP contribution in [0.1, 0.15) is 25.7 Å². The lowest BCUT2D eigenvalue weighted by atomic mass is 10.2. The number of esters is 2. The highest BCUT2D eigenvalue weighted by atomic mass is 16.5. The third-order valence-electron chi connectivity index (χ3n) is 2.96. The second-order valence-electron chi connectivity index (χ2n) is 4.51. The molecule has 110 valence electrons. The van der Waals surface area contributed by atoms with Crippen LogP contribution in [0.4, 0.5) is 0 Å². The zero-order valence-corrected chi connectivity index (χ0v) is 11.3. The van der Waals surface area contributed by atoms with Gasteiger partial charge in [0, 0.05) is 12.8 Å². The highest BCUT2D eigenvalue weighted by Gasteiger charge is 2.19. The van der Waals surface area contributed by atoms with Crippen molar-refractivity contribution < 1.29 is 28.5 Å². The zero-order chi connectivity index (χ0) is 14.2. The topological polar surface area (TPSA) is 71.1 Å². The summed E-state index contributed by atoms with van der Waals surface area (Å²) in [6.07, 6.45) is 5.82. The van der Waals surface area contributed by atoms with E-state index in [2.05, 4.69) is 0 Å². The van der Waals surface area contributed by atoms with Crippen LogP contribution in [0.2, 0.25) is 0 Å². The summed E-state index contributed by atoms with van der Waals surface area (Å²) in [5.41, 5.74) is 1.18. The smallest absolute Gasteiger partial charge is 0.337 e. The van der Waals surface area contributed by atoms with Gasteiger partial charge in [0.1, 0.15) is 0 Å². The molecule has 0 spiro atoms. The molecule has 0 unspecified atom stereocenters. The van der Waals surface area contributed by atoms with E-state index in [1.807, 2.05) is 0 Å². The van der Waals surface area contributed by atoms with Gasteiger partial charge in [-0.25, -0.2) is 9.59 Å². The predicted octanol–water partition coefficient (Wildman–Crippen LogP) is 1.46. The van der Waals surface area contributed by atoms with Crippen LogP contribution in [0.5, 0.6) is 0 Å². The normalized spacial score (nSPS) is 22.2. The molecule has 2 saturated heterocycles. The summed E-state index contributed by atoms with van der Waals surface area (Å²) in [5.74, 6) is -0.577. The molecule has 2 aliphatic rings. The molecular weight excluding hydrogens is 264 g/mol. The van der Waals surface area contributed by atoms with Crippen molar-refractivity contribution in [3.63, 3.8) is 0 Å². The molecule has 20 heavy (non-hydrogen) atoms. The molecule has 0 atom stereocenters. The largest absolute Gasteiger partial charge is 0.501 e. The molecule has 0 N–H and O–H groups in total. The van der Waals surface area contributed by atoms with E-state index in [0.29, 0.717) is 50.4 Å². The first-order chi connectivity index (χ1) is 9.77. The number of carbonyl (C=O) groups is 2. The summed E-state index contributed by atoms with van der Waals surface area (Å²) in [7, 11) is 0. The Morgan fingerprint density at radius 1 is 0.850 bits per heavy atom. The van der Waals surface area contributed by atoms with Gasteiger partial charge in [-0.15, -0.1) is 0 Å². The summed E-state index contributed by atoms with van der Waals surface area (Å²) in [6, 6.07) is 0. The first-order valence-corrected chi connectivity index (χ1v) is 6.73. The number of hydrogen-bond donors (Lipinski definition) is 0. The van der Waals surface area contributed by atoms with Gasteiger partial charge in [-0.1, -0.05) is 0 Å². The highest BCUT2D eigenvalue weighted by Crippen LogP contribution is 2.13. The van der Waals surface area contributed by atoms with E-state index in [9.17, 15) is 9.59 Å². The summed E-state index contributed by atoms with van der Waals surface area (Å²) < 4.78 is 20.1. The van der Waals surface area contributed by atoms with Crippen LogP contribution < -0.4 is 0 Å². The number of hydrogen-bond acceptors (Lipinski definition) is 6. The predicted molar refractivity (Wildman–Crippen MR) is 68.5 cm³/mol. The van der Waals surface area contributed by atoms with E-state index in [1.54, 1.807) is 0 Å². The van der Waals surface area contributed by atoms with Gasteiger partial charge in [0.05, 0.1) is 50.1 Å². The van der Waals surface area contributed by atoms with Gasteiger partial charge in [-0.2, -0.15) is 0 Å². The highest BCUT2D eigenvalue weighted by molar-refractivity contribution is 5.90. The molecule has 0 saturated carbocycles. The van der Waals surface area contributed by atoms with Gasteiger partial charge in [0.25, 0.3) is 0 Å². The molecule has 2 aliphatic heterocycles.